The first-order chi connectivity index (χ1) is 44.2. The number of Topliss-reactive ketones (excluding diaryl/α,β-unsaturated/α-hetero) is 2. The van der Waals surface area contributed by atoms with Crippen molar-refractivity contribution < 1.29 is 113 Å². The number of hydrogen-bond donors (Lipinski definition) is 8. The average Bonchev–Trinajstić information content (AvgIpc) is 1.22. The number of ether oxygens (including phenoxy) is 3. The predicted octanol–water partition coefficient (Wildman–Crippen LogP) is -0.570. The Hall–Kier alpha value is -5.87. The molecule has 2 atom stereocenters. The molecule has 526 valence electrons. The molecule has 93 heavy (non-hydrogen) atoms. The van der Waals surface area contributed by atoms with Crippen LogP contribution < -0.4 is 0 Å². The molecular formula is C60H102B2N8O23. The molecular weight excluding hydrogens is 1220 g/mol. The molecule has 0 spiro atoms. The van der Waals surface area contributed by atoms with Gasteiger partial charge in [0.05, 0.1) is 83.7 Å². The minimum absolute atomic E-state index is 0.00594. The summed E-state index contributed by atoms with van der Waals surface area (Å²) in [7, 11) is 10.2. The van der Waals surface area contributed by atoms with Gasteiger partial charge in [-0.15, -0.1) is 0 Å². The normalized spacial score (nSPS) is 17.0. The van der Waals surface area contributed by atoms with Crippen molar-refractivity contribution >= 4 is 86.4 Å². The van der Waals surface area contributed by atoms with Crippen LogP contribution in [0, 0.1) is 0 Å². The van der Waals surface area contributed by atoms with Crippen molar-refractivity contribution in [3.05, 3.63) is 0 Å². The van der Waals surface area contributed by atoms with Crippen molar-refractivity contribution in [2.24, 2.45) is 0 Å². The Balaban J connectivity index is 0.000000930. The lowest BCUT2D eigenvalue weighted by Crippen LogP contribution is -2.51. The van der Waals surface area contributed by atoms with Crippen LogP contribution in [0.25, 0.3) is 0 Å². The number of carbonyl (C=O) groups excluding carboxylic acids is 4. The lowest BCUT2D eigenvalue weighted by molar-refractivity contribution is -0.145. The molecule has 0 aromatic heterocycles. The third kappa shape index (κ3) is 47.6. The molecule has 0 bridgehead atoms. The fourth-order valence-corrected chi connectivity index (χ4v) is 10.5. The van der Waals surface area contributed by atoms with Crippen LogP contribution in [0.5, 0.6) is 0 Å². The van der Waals surface area contributed by atoms with Gasteiger partial charge in [-0.2, -0.15) is 0 Å². The SMILES string of the molecule is [B]C(=O)CCCCCCCCCCCC(=O)CCC(C(=O)O)N1CCN(CC(=O)O)CCN(CC(=O)O)CCN(CC(=O)O)CC1.[B]C(=O)CCOCCOCCOCCCC(=O)CCC(C(=O)O)N1CCN(CC(=O)O)CCN(CC(=O)O)CCN(CC(=O)O)CC1. The van der Waals surface area contributed by atoms with Gasteiger partial charge in [-0.3, -0.25) is 87.1 Å². The molecule has 8 N–H and O–H groups in total. The maximum Gasteiger partial charge on any atom is 0.320 e. The highest BCUT2D eigenvalue weighted by atomic mass is 16.5. The van der Waals surface area contributed by atoms with Crippen molar-refractivity contribution in [2.75, 3.05) is 184 Å². The van der Waals surface area contributed by atoms with Gasteiger partial charge in [0.2, 0.25) is 0 Å². The Morgan fingerprint density at radius 2 is 0.516 bits per heavy atom. The van der Waals surface area contributed by atoms with Crippen molar-refractivity contribution in [1.82, 2.24) is 39.2 Å². The molecule has 0 saturated carbocycles. The Morgan fingerprint density at radius 1 is 0.280 bits per heavy atom. The standard InChI is InChI=1S/C31H53BN4O10.C29H49BN4O13/c32-27(38)11-9-7-5-3-1-2-4-6-8-10-25(37)12-13-26(31(45)46)36-20-18-34(23-29(41)42)16-14-33(22-28(39)40)15-17-35(19-21-36)24-30(43)44;30-25(36)5-15-46-17-19-47-18-16-45-14-1-2-23(35)3-4-24(29(43)44)34-12-10-32(21-27(39)40)8-6-31(20-26(37)38)7-9-33(11-13-34)22-28(41)42/h26H,1-24H2,(H,39,40)(H,41,42)(H,43,44)(H,45,46);24H,1-22H2,(H,37,38)(H,39,40)(H,41,42)(H,43,44). The summed E-state index contributed by atoms with van der Waals surface area (Å²) < 4.78 is 16.0. The van der Waals surface area contributed by atoms with Gasteiger partial charge in [0.15, 0.2) is 15.7 Å². The zero-order chi connectivity index (χ0) is 69.3. The van der Waals surface area contributed by atoms with Gasteiger partial charge in [-0.1, -0.05) is 44.9 Å². The summed E-state index contributed by atoms with van der Waals surface area (Å²) >= 11 is 0. The zero-order valence-corrected chi connectivity index (χ0v) is 54.1. The van der Waals surface area contributed by atoms with Gasteiger partial charge >= 0.3 is 47.8 Å². The molecule has 0 amide bonds. The van der Waals surface area contributed by atoms with Gasteiger partial charge < -0.3 is 64.7 Å². The summed E-state index contributed by atoms with van der Waals surface area (Å²) in [6.45, 7) is 3.32. The van der Waals surface area contributed by atoms with Crippen LogP contribution in [0.1, 0.15) is 116 Å². The average molecular weight is 1330 g/mol. The number of unbranched alkanes of at least 4 members (excludes halogenated alkanes) is 8. The minimum Gasteiger partial charge on any atom is -0.480 e. The van der Waals surface area contributed by atoms with Gasteiger partial charge in [-0.25, -0.2) is 0 Å². The zero-order valence-electron chi connectivity index (χ0n) is 54.1. The molecule has 2 heterocycles. The maximum atomic E-state index is 12.7. The van der Waals surface area contributed by atoms with Crippen LogP contribution in [0.3, 0.4) is 0 Å². The topological polar surface area (TPSA) is 420 Å². The number of nitrogens with zero attached hydrogens (tertiary/aromatic N) is 8. The molecule has 2 aliphatic rings. The first-order valence-electron chi connectivity index (χ1n) is 32.2. The van der Waals surface area contributed by atoms with Crippen LogP contribution in [0.2, 0.25) is 0 Å². The van der Waals surface area contributed by atoms with Crippen LogP contribution >= 0.6 is 0 Å². The fourth-order valence-electron chi connectivity index (χ4n) is 10.5. The predicted molar refractivity (Wildman–Crippen MR) is 338 cm³/mol. The van der Waals surface area contributed by atoms with E-state index in [1.165, 1.54) is 0 Å². The third-order valence-electron chi connectivity index (χ3n) is 15.6. The molecule has 0 aliphatic carbocycles. The van der Waals surface area contributed by atoms with E-state index in [4.69, 9.17) is 29.9 Å². The van der Waals surface area contributed by atoms with Crippen LogP contribution in [-0.2, 0) is 71.7 Å². The highest BCUT2D eigenvalue weighted by Crippen LogP contribution is 2.17. The van der Waals surface area contributed by atoms with Gasteiger partial charge in [0.25, 0.3) is 0 Å². The molecule has 0 aromatic rings. The second kappa shape index (κ2) is 52.4. The number of ketones is 2. The highest BCUT2D eigenvalue weighted by Gasteiger charge is 2.31. The van der Waals surface area contributed by atoms with Crippen molar-refractivity contribution in [3.63, 3.8) is 0 Å². The Bertz CT molecular complexity index is 2200. The quantitative estimate of drug-likeness (QED) is 0.0279. The summed E-state index contributed by atoms with van der Waals surface area (Å²) in [5.74, 6) is -8.78. The molecule has 2 aliphatic heterocycles. The van der Waals surface area contributed by atoms with E-state index in [2.05, 4.69) is 0 Å². The number of carboxylic acids is 8. The number of rotatable bonds is 47. The van der Waals surface area contributed by atoms with Crippen LogP contribution in [0.4, 0.5) is 0 Å². The summed E-state index contributed by atoms with van der Waals surface area (Å²) in [4.78, 5) is 153. The maximum absolute atomic E-state index is 12.7. The van der Waals surface area contributed by atoms with Gasteiger partial charge in [0, 0.05) is 143 Å². The molecule has 2 unspecified atom stereocenters. The molecule has 2 rings (SSSR count). The Labute approximate surface area is 547 Å². The van der Waals surface area contributed by atoms with E-state index >= 15 is 0 Å². The number of carbonyl (C=O) groups is 12. The van der Waals surface area contributed by atoms with E-state index < -0.39 is 65.5 Å². The third-order valence-corrected chi connectivity index (χ3v) is 15.6. The number of carboxylic acid groups (broad SMARTS) is 8. The van der Waals surface area contributed by atoms with E-state index in [0.717, 1.165) is 57.8 Å². The molecule has 2 saturated heterocycles. The molecule has 0 aromatic carbocycles. The first-order valence-corrected chi connectivity index (χ1v) is 32.2. The van der Waals surface area contributed by atoms with E-state index in [1.54, 1.807) is 39.2 Å². The summed E-state index contributed by atoms with van der Waals surface area (Å²) in [5, 5.41) is 76.4. The molecule has 2 fully saturated rings. The molecule has 33 heteroatoms. The summed E-state index contributed by atoms with van der Waals surface area (Å²) in [6, 6.07) is -2.06. The lowest BCUT2D eigenvalue weighted by atomic mass is 9.96. The van der Waals surface area contributed by atoms with Crippen LogP contribution in [-0.4, -0.2) is 362 Å². The number of aliphatic carboxylic acids is 8. The van der Waals surface area contributed by atoms with Crippen molar-refractivity contribution in [1.29, 1.82) is 0 Å². The first kappa shape index (κ1) is 85.1. The lowest BCUT2D eigenvalue weighted by Gasteiger charge is -2.35. The van der Waals surface area contributed by atoms with Crippen molar-refractivity contribution in [3.8, 4) is 0 Å². The van der Waals surface area contributed by atoms with Crippen molar-refractivity contribution in [2.45, 2.75) is 128 Å². The van der Waals surface area contributed by atoms with Crippen LogP contribution in [0.15, 0.2) is 0 Å². The molecule has 4 radical (unpaired) electrons. The Kier molecular flexibility index (Phi) is 48.0. The monoisotopic (exact) mass is 1320 g/mol. The van der Waals surface area contributed by atoms with E-state index in [0.29, 0.717) is 52.3 Å². The smallest absolute Gasteiger partial charge is 0.320 e. The second-order valence-corrected chi connectivity index (χ2v) is 23.3. The second-order valence-electron chi connectivity index (χ2n) is 23.3. The van der Waals surface area contributed by atoms with Gasteiger partial charge in [-0.05, 0) is 38.5 Å². The summed E-state index contributed by atoms with van der Waals surface area (Å²) in [6.07, 6.45) is 10.7. The van der Waals surface area contributed by atoms with Gasteiger partial charge in [0.1, 0.15) is 23.7 Å². The van der Waals surface area contributed by atoms with E-state index in [9.17, 15) is 98.4 Å². The molecule has 31 nitrogen and oxygen atoms in total. The summed E-state index contributed by atoms with van der Waals surface area (Å²) in [5.41, 5.74) is -0.694. The van der Waals surface area contributed by atoms with E-state index in [1.807, 2.05) is 0 Å². The Morgan fingerprint density at radius 3 is 0.785 bits per heavy atom. The van der Waals surface area contributed by atoms with E-state index in [-0.39, 0.29) is 206 Å². The fraction of sp³-hybridized carbons (Fsp3) is 0.800. The largest absolute Gasteiger partial charge is 0.480 e. The minimum atomic E-state index is -1.14. The highest BCUT2D eigenvalue weighted by molar-refractivity contribution is 6.57. The number of hydrogen-bond acceptors (Lipinski definition) is 23.